The Morgan fingerprint density at radius 2 is 1.04 bits per heavy atom. The van der Waals surface area contributed by atoms with Crippen LogP contribution in [0, 0.1) is 0 Å². The van der Waals surface area contributed by atoms with Crippen LogP contribution in [0.15, 0.2) is 48.5 Å². The summed E-state index contributed by atoms with van der Waals surface area (Å²) in [5, 5.41) is 19.9. The number of aliphatic hydroxyl groups excluding tert-OH is 2. The summed E-state index contributed by atoms with van der Waals surface area (Å²) in [5.74, 6) is -1.25. The fraction of sp³-hybridized carbons (Fsp3) is 0.222. The van der Waals surface area contributed by atoms with Crippen molar-refractivity contribution in [3.05, 3.63) is 59.7 Å². The monoisotopic (exact) mass is 346 g/mol. The van der Waals surface area contributed by atoms with E-state index in [1.54, 1.807) is 24.3 Å². The van der Waals surface area contributed by atoms with E-state index in [4.69, 9.17) is 9.47 Å². The lowest BCUT2D eigenvalue weighted by Gasteiger charge is -2.13. The average molecular weight is 346 g/mol. The molecule has 0 heterocycles. The van der Waals surface area contributed by atoms with Crippen molar-refractivity contribution < 1.29 is 34.0 Å². The number of hydrogen-bond donors (Lipinski definition) is 2. The van der Waals surface area contributed by atoms with E-state index in [0.29, 0.717) is 11.5 Å². The first kappa shape index (κ1) is 18.4. The first-order valence-electron chi connectivity index (χ1n) is 7.36. The Morgan fingerprint density at radius 3 is 1.32 bits per heavy atom. The molecule has 2 N–H and O–H groups in total. The Morgan fingerprint density at radius 1 is 0.720 bits per heavy atom. The van der Waals surface area contributed by atoms with Gasteiger partial charge in [0, 0.05) is 0 Å². The third-order valence-corrected chi connectivity index (χ3v) is 3.51. The van der Waals surface area contributed by atoms with Gasteiger partial charge in [-0.25, -0.2) is 9.59 Å². The molecule has 132 valence electrons. The normalized spacial score (nSPS) is 12.8. The van der Waals surface area contributed by atoms with Crippen LogP contribution in [0.5, 0.6) is 11.5 Å². The molecule has 0 saturated carbocycles. The van der Waals surface area contributed by atoms with Crippen molar-refractivity contribution in [2.45, 2.75) is 12.2 Å². The van der Waals surface area contributed by atoms with Gasteiger partial charge >= 0.3 is 11.9 Å². The van der Waals surface area contributed by atoms with Crippen LogP contribution in [0.3, 0.4) is 0 Å². The van der Waals surface area contributed by atoms with Crippen molar-refractivity contribution in [1.82, 2.24) is 0 Å². The zero-order valence-electron chi connectivity index (χ0n) is 13.7. The van der Waals surface area contributed by atoms with Crippen LogP contribution in [-0.4, -0.2) is 36.4 Å². The lowest BCUT2D eigenvalue weighted by Crippen LogP contribution is -2.24. The van der Waals surface area contributed by atoms with Gasteiger partial charge in [-0.3, -0.25) is 0 Å². The molecule has 0 unspecified atom stereocenters. The van der Waals surface area contributed by atoms with Crippen molar-refractivity contribution in [3.8, 4) is 11.5 Å². The number of ether oxygens (including phenoxy) is 3. The van der Waals surface area contributed by atoms with Crippen LogP contribution >= 0.6 is 0 Å². The molecule has 2 rings (SSSR count). The van der Waals surface area contributed by atoms with Gasteiger partial charge in [-0.1, -0.05) is 24.3 Å². The highest BCUT2D eigenvalue weighted by Crippen LogP contribution is 2.21. The van der Waals surface area contributed by atoms with Gasteiger partial charge in [0.1, 0.15) is 11.5 Å². The Kier molecular flexibility index (Phi) is 6.10. The van der Waals surface area contributed by atoms with Crippen LogP contribution in [0.25, 0.3) is 0 Å². The summed E-state index contributed by atoms with van der Waals surface area (Å²) in [4.78, 5) is 23.8. The Bertz CT molecular complexity index is 659. The lowest BCUT2D eigenvalue weighted by molar-refractivity contribution is -0.171. The fourth-order valence-corrected chi connectivity index (χ4v) is 2.06. The maximum Gasteiger partial charge on any atom is 0.347 e. The summed E-state index contributed by atoms with van der Waals surface area (Å²) in [6, 6.07) is 12.1. The molecule has 0 spiro atoms. The van der Waals surface area contributed by atoms with Crippen LogP contribution in [0.1, 0.15) is 23.3 Å². The Balaban J connectivity index is 2.00. The van der Waals surface area contributed by atoms with E-state index in [0.717, 1.165) is 0 Å². The van der Waals surface area contributed by atoms with Crippen LogP contribution in [0.4, 0.5) is 0 Å². The number of methoxy groups -OCH3 is 2. The highest BCUT2D eigenvalue weighted by molar-refractivity contribution is 5.90. The van der Waals surface area contributed by atoms with Crippen molar-refractivity contribution in [2.75, 3.05) is 14.2 Å². The summed E-state index contributed by atoms with van der Waals surface area (Å²) >= 11 is 0. The van der Waals surface area contributed by atoms with Crippen molar-refractivity contribution in [3.63, 3.8) is 0 Å². The van der Waals surface area contributed by atoms with E-state index in [2.05, 4.69) is 4.74 Å². The first-order chi connectivity index (χ1) is 12.0. The number of carbonyl (C=O) groups excluding carboxylic acids is 2. The van der Waals surface area contributed by atoms with Gasteiger partial charge in [-0.2, -0.15) is 0 Å². The molecule has 0 aliphatic heterocycles. The summed E-state index contributed by atoms with van der Waals surface area (Å²) in [7, 11) is 2.97. The molecule has 0 amide bonds. The fourth-order valence-electron chi connectivity index (χ4n) is 2.06. The minimum absolute atomic E-state index is 0.234. The maximum atomic E-state index is 11.9. The number of esters is 2. The van der Waals surface area contributed by atoms with Gasteiger partial charge in [0.15, 0.2) is 12.2 Å². The third-order valence-electron chi connectivity index (χ3n) is 3.51. The second kappa shape index (κ2) is 8.27. The Labute approximate surface area is 144 Å². The molecule has 0 radical (unpaired) electrons. The second-order valence-corrected chi connectivity index (χ2v) is 5.09. The number of rotatable bonds is 6. The molecular weight excluding hydrogens is 328 g/mol. The molecule has 0 aliphatic carbocycles. The molecule has 2 aromatic carbocycles. The largest absolute Gasteiger partial charge is 0.497 e. The summed E-state index contributed by atoms with van der Waals surface area (Å²) < 4.78 is 14.5. The molecule has 7 nitrogen and oxygen atoms in total. The minimum Gasteiger partial charge on any atom is -0.497 e. The SMILES string of the molecule is COc1ccc([C@@H](O)C(=O)OC(=O)[C@H](O)c2ccc(OC)cc2)cc1. The standard InChI is InChI=1S/C18H18O7/c1-23-13-7-3-11(4-8-13)15(19)17(21)25-18(22)16(20)12-5-9-14(24-2)10-6-12/h3-10,15-16,19-20H,1-2H3/t15-,16-/m1/s1. The van der Waals surface area contributed by atoms with Gasteiger partial charge in [0.25, 0.3) is 0 Å². The van der Waals surface area contributed by atoms with E-state index >= 15 is 0 Å². The van der Waals surface area contributed by atoms with Gasteiger partial charge in [0.2, 0.25) is 0 Å². The number of hydrogen-bond acceptors (Lipinski definition) is 7. The van der Waals surface area contributed by atoms with E-state index in [1.165, 1.54) is 38.5 Å². The zero-order chi connectivity index (χ0) is 18.4. The van der Waals surface area contributed by atoms with Gasteiger partial charge in [0.05, 0.1) is 14.2 Å². The van der Waals surface area contributed by atoms with Gasteiger partial charge in [-0.05, 0) is 35.4 Å². The Hall–Kier alpha value is -2.90. The molecule has 25 heavy (non-hydrogen) atoms. The second-order valence-electron chi connectivity index (χ2n) is 5.09. The first-order valence-corrected chi connectivity index (χ1v) is 7.36. The quantitative estimate of drug-likeness (QED) is 0.604. The van der Waals surface area contributed by atoms with Crippen LogP contribution in [0.2, 0.25) is 0 Å². The van der Waals surface area contributed by atoms with E-state index in [-0.39, 0.29) is 11.1 Å². The van der Waals surface area contributed by atoms with E-state index in [9.17, 15) is 19.8 Å². The summed E-state index contributed by atoms with van der Waals surface area (Å²) in [5.41, 5.74) is 0.468. The van der Waals surface area contributed by atoms with Gasteiger partial charge < -0.3 is 24.4 Å². The number of benzene rings is 2. The van der Waals surface area contributed by atoms with Crippen molar-refractivity contribution in [2.24, 2.45) is 0 Å². The predicted molar refractivity (Wildman–Crippen MR) is 87.0 cm³/mol. The van der Waals surface area contributed by atoms with Gasteiger partial charge in [-0.15, -0.1) is 0 Å². The highest BCUT2D eigenvalue weighted by atomic mass is 16.6. The number of carbonyl (C=O) groups is 2. The van der Waals surface area contributed by atoms with Crippen molar-refractivity contribution >= 4 is 11.9 Å². The predicted octanol–water partition coefficient (Wildman–Crippen LogP) is 1.54. The molecule has 7 heteroatoms. The molecule has 2 atom stereocenters. The third kappa shape index (κ3) is 4.56. The molecule has 0 bridgehead atoms. The topological polar surface area (TPSA) is 102 Å². The summed E-state index contributed by atoms with van der Waals surface area (Å²) in [6.45, 7) is 0. The zero-order valence-corrected chi connectivity index (χ0v) is 13.7. The molecule has 0 saturated heterocycles. The van der Waals surface area contributed by atoms with Crippen LogP contribution < -0.4 is 9.47 Å². The highest BCUT2D eigenvalue weighted by Gasteiger charge is 2.27. The minimum atomic E-state index is -1.65. The average Bonchev–Trinajstić information content (AvgIpc) is 2.66. The molecule has 0 aromatic heterocycles. The molecular formula is C18H18O7. The maximum absolute atomic E-state index is 11.9. The van der Waals surface area contributed by atoms with Crippen molar-refractivity contribution in [1.29, 1.82) is 0 Å². The molecule has 0 aliphatic rings. The smallest absolute Gasteiger partial charge is 0.347 e. The van der Waals surface area contributed by atoms with E-state index in [1.807, 2.05) is 0 Å². The van der Waals surface area contributed by atoms with Crippen LogP contribution in [-0.2, 0) is 14.3 Å². The van der Waals surface area contributed by atoms with E-state index < -0.39 is 24.1 Å². The molecule has 2 aromatic rings. The number of aliphatic hydroxyl groups is 2. The summed E-state index contributed by atoms with van der Waals surface area (Å²) in [6.07, 6.45) is -3.31. The molecule has 0 fully saturated rings. The lowest BCUT2D eigenvalue weighted by atomic mass is 10.1.